The van der Waals surface area contributed by atoms with Crippen molar-refractivity contribution in [1.29, 1.82) is 0 Å². The molecule has 1 aliphatic rings. The van der Waals surface area contributed by atoms with Gasteiger partial charge in [-0.25, -0.2) is 4.98 Å². The summed E-state index contributed by atoms with van der Waals surface area (Å²) in [7, 11) is 0. The highest BCUT2D eigenvalue weighted by Crippen LogP contribution is 2.47. The van der Waals surface area contributed by atoms with Gasteiger partial charge in [-0.1, -0.05) is 126 Å². The van der Waals surface area contributed by atoms with Gasteiger partial charge in [0.15, 0.2) is 0 Å². The number of hydrogen-bond donors (Lipinski definition) is 6. The van der Waals surface area contributed by atoms with E-state index < -0.39 is 0 Å². The first kappa shape index (κ1) is 50.8. The van der Waals surface area contributed by atoms with Gasteiger partial charge in [-0.15, -0.1) is 0 Å². The van der Waals surface area contributed by atoms with Crippen LogP contribution in [0.1, 0.15) is 184 Å². The Morgan fingerprint density at radius 3 is 1.08 bits per heavy atom. The average Bonchev–Trinajstić information content (AvgIpc) is 4.31. The monoisotopic (exact) mass is 984 g/mol. The highest BCUT2D eigenvalue weighted by atomic mass is 14.9. The topological polar surface area (TPSA) is 108 Å². The van der Waals surface area contributed by atoms with Crippen LogP contribution in [0.5, 0.6) is 0 Å². The number of hydrogen-bond acceptors (Lipinski definition) is 1. The van der Waals surface area contributed by atoms with Crippen molar-refractivity contribution < 1.29 is 0 Å². The minimum Gasteiger partial charge on any atom is -0.359 e. The SMILES string of the molecule is CCc1c[nH]c(-c2cccc(-c3[nH]c(C4c5[nH]c(c(CC)c5CC)-c5cccc(c5)-c5[nH]c(c(CC)c5CC)Cc5[nH]c(c(CC)c5CC)-c5cccc(c5)-c5[nH]c4c(CC)c5CC)c(CC)c3CC)n2)c1CC. The van der Waals surface area contributed by atoms with E-state index >= 15 is 0 Å². The van der Waals surface area contributed by atoms with Crippen LogP contribution in [-0.4, -0.2) is 34.9 Å². The summed E-state index contributed by atoms with van der Waals surface area (Å²) in [6, 6.07) is 25.3. The van der Waals surface area contributed by atoms with E-state index in [4.69, 9.17) is 4.98 Å². The number of H-pyrrole nitrogens is 6. The van der Waals surface area contributed by atoms with Gasteiger partial charge in [0.2, 0.25) is 0 Å². The Balaban J connectivity index is 1.29. The van der Waals surface area contributed by atoms with Crippen molar-refractivity contribution in [2.75, 3.05) is 0 Å². The molecule has 12 bridgehead atoms. The van der Waals surface area contributed by atoms with Gasteiger partial charge in [0.05, 0.1) is 28.7 Å². The minimum absolute atomic E-state index is 0.135. The molecule has 0 aliphatic carbocycles. The summed E-state index contributed by atoms with van der Waals surface area (Å²) in [5.41, 5.74) is 37.5. The van der Waals surface area contributed by atoms with E-state index in [0.717, 1.165) is 106 Å². The molecule has 0 saturated carbocycles. The molecule has 0 unspecified atom stereocenters. The predicted octanol–water partition coefficient (Wildman–Crippen LogP) is 16.9. The second-order valence-electron chi connectivity index (χ2n) is 20.6. The zero-order valence-electron chi connectivity index (χ0n) is 46.6. The van der Waals surface area contributed by atoms with Crippen LogP contribution in [0, 0.1) is 0 Å². The lowest BCUT2D eigenvalue weighted by atomic mass is 9.85. The molecule has 0 spiro atoms. The van der Waals surface area contributed by atoms with Crippen molar-refractivity contribution in [3.63, 3.8) is 0 Å². The van der Waals surface area contributed by atoms with Crippen LogP contribution in [0.4, 0.5) is 0 Å². The van der Waals surface area contributed by atoms with Gasteiger partial charge >= 0.3 is 0 Å². The molecule has 8 heterocycles. The van der Waals surface area contributed by atoms with Gasteiger partial charge in [0.25, 0.3) is 0 Å². The van der Waals surface area contributed by atoms with E-state index in [1.807, 2.05) is 0 Å². The first-order valence-electron chi connectivity index (χ1n) is 28.7. The molecule has 0 saturated heterocycles. The van der Waals surface area contributed by atoms with E-state index in [1.165, 1.54) is 140 Å². The molecular formula is C67H81N7. The second kappa shape index (κ2) is 21.2. The number of rotatable bonds is 15. The lowest BCUT2D eigenvalue weighted by Gasteiger charge is -2.21. The maximum atomic E-state index is 5.51. The molecule has 0 atom stereocenters. The van der Waals surface area contributed by atoms with Gasteiger partial charge in [-0.05, 0) is 190 Å². The number of benzene rings is 2. The van der Waals surface area contributed by atoms with Crippen molar-refractivity contribution in [2.24, 2.45) is 0 Å². The quantitative estimate of drug-likeness (QED) is 0.0605. The van der Waals surface area contributed by atoms with Crippen LogP contribution in [0.2, 0.25) is 0 Å². The summed E-state index contributed by atoms with van der Waals surface area (Å²) in [6.45, 7) is 27.9. The van der Waals surface area contributed by atoms with Gasteiger partial charge < -0.3 is 29.9 Å². The number of nitrogens with zero attached hydrogens (tertiary/aromatic N) is 1. The molecule has 9 aromatic rings. The largest absolute Gasteiger partial charge is 0.359 e. The lowest BCUT2D eigenvalue weighted by Crippen LogP contribution is -2.12. The molecule has 10 rings (SSSR count). The van der Waals surface area contributed by atoms with E-state index in [-0.39, 0.29) is 5.92 Å². The molecule has 0 radical (unpaired) electrons. The molecule has 384 valence electrons. The van der Waals surface area contributed by atoms with Crippen LogP contribution in [-0.2, 0) is 83.5 Å². The molecule has 0 fully saturated rings. The minimum atomic E-state index is -0.135. The van der Waals surface area contributed by atoms with Crippen molar-refractivity contribution in [3.8, 4) is 67.8 Å². The third kappa shape index (κ3) is 8.30. The molecule has 2 aromatic carbocycles. The highest BCUT2D eigenvalue weighted by Gasteiger charge is 2.35. The first-order chi connectivity index (χ1) is 36.2. The Bertz CT molecular complexity index is 3320. The number of aromatic nitrogens is 7. The van der Waals surface area contributed by atoms with Crippen LogP contribution in [0.15, 0.2) is 72.9 Å². The lowest BCUT2D eigenvalue weighted by molar-refractivity contribution is 0.815. The number of aromatic amines is 6. The summed E-state index contributed by atoms with van der Waals surface area (Å²) in [6.07, 6.45) is 14.4. The normalized spacial score (nSPS) is 12.6. The van der Waals surface area contributed by atoms with Crippen LogP contribution >= 0.6 is 0 Å². The molecule has 1 aliphatic heterocycles. The van der Waals surface area contributed by atoms with E-state index in [9.17, 15) is 0 Å². The summed E-state index contributed by atoms with van der Waals surface area (Å²) in [5.74, 6) is -0.135. The predicted molar refractivity (Wildman–Crippen MR) is 312 cm³/mol. The van der Waals surface area contributed by atoms with Crippen molar-refractivity contribution in [2.45, 2.75) is 172 Å². The van der Waals surface area contributed by atoms with Crippen LogP contribution in [0.3, 0.4) is 0 Å². The van der Waals surface area contributed by atoms with E-state index in [0.29, 0.717) is 0 Å². The molecule has 7 nitrogen and oxygen atoms in total. The van der Waals surface area contributed by atoms with Gasteiger partial charge in [0, 0.05) is 63.9 Å². The molecule has 6 N–H and O–H groups in total. The summed E-state index contributed by atoms with van der Waals surface area (Å²) < 4.78 is 0. The van der Waals surface area contributed by atoms with Gasteiger partial charge in [0.1, 0.15) is 0 Å². The van der Waals surface area contributed by atoms with Crippen LogP contribution < -0.4 is 0 Å². The summed E-state index contributed by atoms with van der Waals surface area (Å²) >= 11 is 0. The fourth-order valence-electron chi connectivity index (χ4n) is 13.8. The fourth-order valence-corrected chi connectivity index (χ4v) is 13.8. The number of aryl methyl sites for hydroxylation is 1. The van der Waals surface area contributed by atoms with Crippen LogP contribution in [0.25, 0.3) is 67.8 Å². The van der Waals surface area contributed by atoms with Crippen molar-refractivity contribution in [1.82, 2.24) is 34.9 Å². The van der Waals surface area contributed by atoms with Crippen molar-refractivity contribution >= 4 is 0 Å². The Hall–Kier alpha value is -6.73. The Morgan fingerprint density at radius 2 is 0.689 bits per heavy atom. The Morgan fingerprint density at radius 1 is 0.351 bits per heavy atom. The maximum absolute atomic E-state index is 5.51. The van der Waals surface area contributed by atoms with Gasteiger partial charge in [-0.2, -0.15) is 0 Å². The molecule has 7 aromatic heterocycles. The molecular weight excluding hydrogens is 903 g/mol. The van der Waals surface area contributed by atoms with E-state index in [2.05, 4.69) is 186 Å². The standard InChI is InChI=1S/C67H81N7/c1-13-38-37-68-63(43(38)14-2)54-32-27-33-55(69-54)64-50(21-9)53(24-12)67(74-64)58-65-51(22-10)48(19-7)61(72-65)41-30-25-28-39(34-41)59-46(17-5)44(15-3)56(70-59)36-57-45(16-4)47(18-6)60(71-57)40-29-26-31-42(35-40)62-49(20-8)52(23-11)66(58)73-62/h25-35,37,58,68,70-74H,13-24,36H2,1-12H3. The second-order valence-corrected chi connectivity index (χ2v) is 20.6. The number of pyridine rings is 1. The fraction of sp³-hybridized carbons (Fsp3) is 0.388. The number of nitrogens with one attached hydrogen (secondary N) is 6. The first-order valence-corrected chi connectivity index (χ1v) is 28.7. The van der Waals surface area contributed by atoms with Gasteiger partial charge in [-0.3, -0.25) is 0 Å². The Labute approximate surface area is 441 Å². The zero-order valence-corrected chi connectivity index (χ0v) is 46.6. The zero-order chi connectivity index (χ0) is 51.9. The highest BCUT2D eigenvalue weighted by molar-refractivity contribution is 5.79. The smallest absolute Gasteiger partial charge is 0.0875 e. The maximum Gasteiger partial charge on any atom is 0.0875 e. The molecule has 74 heavy (non-hydrogen) atoms. The average molecular weight is 984 g/mol. The summed E-state index contributed by atoms with van der Waals surface area (Å²) in [4.78, 5) is 30.2. The third-order valence-corrected chi connectivity index (χ3v) is 17.1. The number of fused-ring (bicyclic) bond motifs is 16. The Kier molecular flexibility index (Phi) is 14.6. The van der Waals surface area contributed by atoms with Crippen molar-refractivity contribution in [3.05, 3.63) is 168 Å². The third-order valence-electron chi connectivity index (χ3n) is 17.1. The van der Waals surface area contributed by atoms with E-state index in [1.54, 1.807) is 0 Å². The molecule has 0 amide bonds. The molecule has 7 heteroatoms. The summed E-state index contributed by atoms with van der Waals surface area (Å²) in [5, 5.41) is 0.